The Bertz CT molecular complexity index is 687. The molecule has 2 aromatic heterocycles. The lowest BCUT2D eigenvalue weighted by Crippen LogP contribution is -2.07. The second kappa shape index (κ2) is 5.10. The van der Waals surface area contributed by atoms with Gasteiger partial charge in [-0.1, -0.05) is 18.2 Å². The predicted octanol–water partition coefficient (Wildman–Crippen LogP) is 3.06. The van der Waals surface area contributed by atoms with Gasteiger partial charge in [-0.05, 0) is 25.1 Å². The first-order valence-electron chi connectivity index (χ1n) is 6.46. The van der Waals surface area contributed by atoms with E-state index in [1.165, 1.54) is 5.69 Å². The molecule has 96 valence electrons. The quantitative estimate of drug-likeness (QED) is 0.776. The summed E-state index contributed by atoms with van der Waals surface area (Å²) in [7, 11) is 0. The molecule has 1 aromatic carbocycles. The normalized spacial score (nSPS) is 10.8. The summed E-state index contributed by atoms with van der Waals surface area (Å²) < 4.78 is 1.99. The summed E-state index contributed by atoms with van der Waals surface area (Å²) in [5, 5.41) is 8.80. The van der Waals surface area contributed by atoms with Gasteiger partial charge >= 0.3 is 0 Å². The summed E-state index contributed by atoms with van der Waals surface area (Å²) in [6.45, 7) is 3.74. The molecular weight excluding hydrogens is 236 g/mol. The largest absolute Gasteiger partial charge is 0.378 e. The molecule has 19 heavy (non-hydrogen) atoms. The van der Waals surface area contributed by atoms with Crippen molar-refractivity contribution < 1.29 is 0 Å². The Morgan fingerprint density at radius 1 is 1.21 bits per heavy atom. The third kappa shape index (κ3) is 2.42. The van der Waals surface area contributed by atoms with Crippen LogP contribution in [0.25, 0.3) is 10.9 Å². The molecular formula is C15H16N4. The van der Waals surface area contributed by atoms with Crippen molar-refractivity contribution in [3.05, 3.63) is 54.5 Å². The van der Waals surface area contributed by atoms with Crippen molar-refractivity contribution in [2.24, 2.45) is 0 Å². The monoisotopic (exact) mass is 252 g/mol. The third-order valence-corrected chi connectivity index (χ3v) is 3.17. The molecule has 0 fully saturated rings. The number of aromatic nitrogens is 3. The molecule has 0 radical (unpaired) electrons. The number of aryl methyl sites for hydroxylation is 1. The molecule has 3 aromatic rings. The fourth-order valence-corrected chi connectivity index (χ4v) is 2.16. The summed E-state index contributed by atoms with van der Waals surface area (Å²) in [5.74, 6) is 0. The molecule has 0 bridgehead atoms. The number of para-hydroxylation sites is 1. The molecule has 4 heteroatoms. The van der Waals surface area contributed by atoms with Gasteiger partial charge in [0.15, 0.2) is 0 Å². The maximum atomic E-state index is 4.44. The lowest BCUT2D eigenvalue weighted by molar-refractivity contribution is 0.627. The summed E-state index contributed by atoms with van der Waals surface area (Å²) in [5.41, 5.74) is 3.23. The maximum absolute atomic E-state index is 4.44. The summed E-state index contributed by atoms with van der Waals surface area (Å²) in [6, 6.07) is 12.3. The van der Waals surface area contributed by atoms with Crippen LogP contribution in [0.4, 0.5) is 5.69 Å². The van der Waals surface area contributed by atoms with Crippen molar-refractivity contribution in [2.75, 3.05) is 5.32 Å². The number of nitrogens with zero attached hydrogens (tertiary/aromatic N) is 3. The van der Waals surface area contributed by atoms with Gasteiger partial charge in [-0.3, -0.25) is 9.67 Å². The van der Waals surface area contributed by atoms with Crippen LogP contribution in [0.2, 0.25) is 0 Å². The molecule has 0 atom stereocenters. The lowest BCUT2D eigenvalue weighted by Gasteiger charge is -2.08. The minimum Gasteiger partial charge on any atom is -0.378 e. The standard InChI is InChI=1S/C15H16N4/c1-2-19-14(7-8-18-19)11-16-13-9-12-5-3-4-6-15(12)17-10-13/h3-10,16H,2,11H2,1H3. The topological polar surface area (TPSA) is 42.7 Å². The number of nitrogens with one attached hydrogen (secondary N) is 1. The zero-order chi connectivity index (χ0) is 13.1. The first kappa shape index (κ1) is 11.7. The van der Waals surface area contributed by atoms with Gasteiger partial charge in [-0.2, -0.15) is 5.10 Å². The number of anilines is 1. The fourth-order valence-electron chi connectivity index (χ4n) is 2.16. The van der Waals surface area contributed by atoms with Gasteiger partial charge in [0.2, 0.25) is 0 Å². The van der Waals surface area contributed by atoms with E-state index in [0.717, 1.165) is 29.7 Å². The van der Waals surface area contributed by atoms with E-state index in [2.05, 4.69) is 34.5 Å². The second-order valence-electron chi connectivity index (χ2n) is 4.41. The average Bonchev–Trinajstić information content (AvgIpc) is 2.92. The van der Waals surface area contributed by atoms with Crippen molar-refractivity contribution in [1.82, 2.24) is 14.8 Å². The molecule has 0 saturated carbocycles. The van der Waals surface area contributed by atoms with Gasteiger partial charge in [-0.25, -0.2) is 0 Å². The molecule has 0 saturated heterocycles. The molecule has 0 aliphatic heterocycles. The summed E-state index contributed by atoms with van der Waals surface area (Å²) in [4.78, 5) is 4.44. The summed E-state index contributed by atoms with van der Waals surface area (Å²) in [6.07, 6.45) is 3.70. The van der Waals surface area contributed by atoms with Gasteiger partial charge in [0.25, 0.3) is 0 Å². The Morgan fingerprint density at radius 2 is 2.11 bits per heavy atom. The van der Waals surface area contributed by atoms with Crippen molar-refractivity contribution >= 4 is 16.6 Å². The number of hydrogen-bond acceptors (Lipinski definition) is 3. The van der Waals surface area contributed by atoms with Crippen LogP contribution in [0.3, 0.4) is 0 Å². The van der Waals surface area contributed by atoms with Crippen LogP contribution in [0.15, 0.2) is 48.8 Å². The van der Waals surface area contributed by atoms with Gasteiger partial charge in [0, 0.05) is 18.1 Å². The molecule has 4 nitrogen and oxygen atoms in total. The van der Waals surface area contributed by atoms with E-state index < -0.39 is 0 Å². The molecule has 0 aliphatic carbocycles. The van der Waals surface area contributed by atoms with E-state index >= 15 is 0 Å². The van der Waals surface area contributed by atoms with Crippen LogP contribution >= 0.6 is 0 Å². The zero-order valence-corrected chi connectivity index (χ0v) is 10.9. The highest BCUT2D eigenvalue weighted by atomic mass is 15.3. The molecule has 0 spiro atoms. The molecule has 0 unspecified atom stereocenters. The van der Waals surface area contributed by atoms with Crippen molar-refractivity contribution in [3.8, 4) is 0 Å². The number of rotatable bonds is 4. The van der Waals surface area contributed by atoms with Gasteiger partial charge in [0.05, 0.1) is 29.6 Å². The molecule has 1 N–H and O–H groups in total. The number of benzene rings is 1. The second-order valence-corrected chi connectivity index (χ2v) is 4.41. The highest BCUT2D eigenvalue weighted by Crippen LogP contribution is 2.16. The Labute approximate surface area is 112 Å². The third-order valence-electron chi connectivity index (χ3n) is 3.17. The van der Waals surface area contributed by atoms with Crippen LogP contribution in [0.1, 0.15) is 12.6 Å². The van der Waals surface area contributed by atoms with Crippen molar-refractivity contribution in [3.63, 3.8) is 0 Å². The Kier molecular flexibility index (Phi) is 3.14. The lowest BCUT2D eigenvalue weighted by atomic mass is 10.2. The number of pyridine rings is 1. The van der Waals surface area contributed by atoms with Crippen LogP contribution in [-0.2, 0) is 13.1 Å². The Hall–Kier alpha value is -2.36. The van der Waals surface area contributed by atoms with Crippen LogP contribution in [-0.4, -0.2) is 14.8 Å². The van der Waals surface area contributed by atoms with Crippen LogP contribution < -0.4 is 5.32 Å². The molecule has 0 amide bonds. The maximum Gasteiger partial charge on any atom is 0.0703 e. The fraction of sp³-hybridized carbons (Fsp3) is 0.200. The average molecular weight is 252 g/mol. The molecule has 2 heterocycles. The minimum absolute atomic E-state index is 0.758. The Morgan fingerprint density at radius 3 is 3.00 bits per heavy atom. The number of hydrogen-bond donors (Lipinski definition) is 1. The smallest absolute Gasteiger partial charge is 0.0703 e. The molecule has 3 rings (SSSR count). The summed E-state index contributed by atoms with van der Waals surface area (Å²) >= 11 is 0. The van der Waals surface area contributed by atoms with Gasteiger partial charge in [-0.15, -0.1) is 0 Å². The van der Waals surface area contributed by atoms with E-state index in [-0.39, 0.29) is 0 Å². The van der Waals surface area contributed by atoms with E-state index in [9.17, 15) is 0 Å². The zero-order valence-electron chi connectivity index (χ0n) is 10.9. The van der Waals surface area contributed by atoms with Crippen molar-refractivity contribution in [1.29, 1.82) is 0 Å². The first-order valence-corrected chi connectivity index (χ1v) is 6.46. The highest BCUT2D eigenvalue weighted by molar-refractivity contribution is 5.81. The van der Waals surface area contributed by atoms with E-state index in [4.69, 9.17) is 0 Å². The first-order chi connectivity index (χ1) is 9.36. The van der Waals surface area contributed by atoms with Gasteiger partial charge in [0.1, 0.15) is 0 Å². The number of fused-ring (bicyclic) bond motifs is 1. The SMILES string of the molecule is CCn1nccc1CNc1cnc2ccccc2c1. The van der Waals surface area contributed by atoms with E-state index in [1.807, 2.05) is 41.3 Å². The van der Waals surface area contributed by atoms with Crippen LogP contribution in [0.5, 0.6) is 0 Å². The highest BCUT2D eigenvalue weighted by Gasteiger charge is 2.01. The van der Waals surface area contributed by atoms with Crippen LogP contribution in [0, 0.1) is 0 Å². The Balaban J connectivity index is 1.78. The van der Waals surface area contributed by atoms with Gasteiger partial charge < -0.3 is 5.32 Å². The predicted molar refractivity (Wildman–Crippen MR) is 77.0 cm³/mol. The minimum atomic E-state index is 0.758. The van der Waals surface area contributed by atoms with E-state index in [1.54, 1.807) is 0 Å². The van der Waals surface area contributed by atoms with Crippen molar-refractivity contribution in [2.45, 2.75) is 20.0 Å². The molecule has 0 aliphatic rings. The van der Waals surface area contributed by atoms with E-state index in [0.29, 0.717) is 0 Å².